The number of carbonyl (C=O) groups excluding carboxylic acids is 1. The third-order valence-electron chi connectivity index (χ3n) is 5.65. The second-order valence-corrected chi connectivity index (χ2v) is 8.47. The smallest absolute Gasteiger partial charge is 0.416 e. The van der Waals surface area contributed by atoms with Gasteiger partial charge in [-0.3, -0.25) is 9.69 Å². The van der Waals surface area contributed by atoms with Gasteiger partial charge in [0.15, 0.2) is 11.5 Å². The number of hydrogen-bond donors (Lipinski definition) is 1. The summed E-state index contributed by atoms with van der Waals surface area (Å²) in [5.41, 5.74) is 0.403. The fourth-order valence-electron chi connectivity index (χ4n) is 3.97. The summed E-state index contributed by atoms with van der Waals surface area (Å²) in [7, 11) is 0. The predicted octanol–water partition coefficient (Wildman–Crippen LogP) is 4.91. The van der Waals surface area contributed by atoms with Crippen LogP contribution in [0, 0.1) is 0 Å². The first-order chi connectivity index (χ1) is 15.3. The van der Waals surface area contributed by atoms with Gasteiger partial charge < -0.3 is 14.8 Å². The maximum atomic E-state index is 12.9. The molecule has 1 N–H and O–H groups in total. The number of nitrogens with zero attached hydrogens (tertiary/aromatic N) is 1. The van der Waals surface area contributed by atoms with Crippen molar-refractivity contribution in [3.05, 3.63) is 58.1 Å². The van der Waals surface area contributed by atoms with Crippen LogP contribution in [-0.4, -0.2) is 43.2 Å². The Bertz CT molecular complexity index is 975. The van der Waals surface area contributed by atoms with Crippen molar-refractivity contribution in [2.45, 2.75) is 38.0 Å². The van der Waals surface area contributed by atoms with Gasteiger partial charge in [-0.2, -0.15) is 13.2 Å². The number of ether oxygens (including phenoxy) is 2. The zero-order valence-electron chi connectivity index (χ0n) is 17.4. The van der Waals surface area contributed by atoms with Crippen molar-refractivity contribution in [1.29, 1.82) is 0 Å². The molecule has 172 valence electrons. The van der Waals surface area contributed by atoms with Crippen LogP contribution in [0.15, 0.2) is 36.4 Å². The van der Waals surface area contributed by atoms with Gasteiger partial charge in [-0.1, -0.05) is 29.8 Å². The molecule has 0 saturated carbocycles. The van der Waals surface area contributed by atoms with E-state index in [0.717, 1.165) is 12.5 Å². The molecule has 0 aliphatic carbocycles. The van der Waals surface area contributed by atoms with Gasteiger partial charge >= 0.3 is 6.18 Å². The van der Waals surface area contributed by atoms with Gasteiger partial charge in [-0.05, 0) is 36.6 Å². The Morgan fingerprint density at radius 1 is 1.12 bits per heavy atom. The molecule has 0 atom stereocenters. The van der Waals surface area contributed by atoms with Crippen LogP contribution in [0.3, 0.4) is 0 Å². The molecule has 32 heavy (non-hydrogen) atoms. The van der Waals surface area contributed by atoms with E-state index in [1.54, 1.807) is 18.2 Å². The minimum Gasteiger partial charge on any atom is -0.489 e. The van der Waals surface area contributed by atoms with E-state index in [1.807, 2.05) is 0 Å². The van der Waals surface area contributed by atoms with E-state index in [0.29, 0.717) is 73.3 Å². The highest BCUT2D eigenvalue weighted by molar-refractivity contribution is 6.32. The van der Waals surface area contributed by atoms with Crippen molar-refractivity contribution < 1.29 is 27.4 Å². The number of nitrogens with one attached hydrogen (secondary N) is 1. The number of piperidine rings is 1. The molecule has 4 rings (SSSR count). The molecule has 0 radical (unpaired) electrons. The predicted molar refractivity (Wildman–Crippen MR) is 114 cm³/mol. The van der Waals surface area contributed by atoms with Gasteiger partial charge in [0.25, 0.3) is 5.91 Å². The summed E-state index contributed by atoms with van der Waals surface area (Å²) >= 11 is 6.28. The van der Waals surface area contributed by atoms with Gasteiger partial charge in [0.2, 0.25) is 0 Å². The number of rotatable bonds is 4. The maximum absolute atomic E-state index is 12.9. The van der Waals surface area contributed by atoms with Crippen molar-refractivity contribution in [3.63, 3.8) is 0 Å². The van der Waals surface area contributed by atoms with Crippen molar-refractivity contribution in [1.82, 2.24) is 10.2 Å². The topological polar surface area (TPSA) is 50.8 Å². The number of likely N-dealkylation sites (tertiary alicyclic amines) is 1. The summed E-state index contributed by atoms with van der Waals surface area (Å²) in [6.45, 7) is 2.82. The average molecular weight is 469 g/mol. The molecule has 5 nitrogen and oxygen atoms in total. The quantitative estimate of drug-likeness (QED) is 0.692. The number of halogens is 4. The lowest BCUT2D eigenvalue weighted by Crippen LogP contribution is -2.44. The molecule has 1 fully saturated rings. The first kappa shape index (κ1) is 22.7. The summed E-state index contributed by atoms with van der Waals surface area (Å²) in [6, 6.07) is 8.62. The number of fused-ring (bicyclic) bond motifs is 1. The van der Waals surface area contributed by atoms with Gasteiger partial charge in [0.05, 0.1) is 23.8 Å². The second-order valence-electron chi connectivity index (χ2n) is 8.06. The Morgan fingerprint density at radius 2 is 1.88 bits per heavy atom. The molecule has 0 aromatic heterocycles. The van der Waals surface area contributed by atoms with E-state index in [4.69, 9.17) is 21.1 Å². The van der Waals surface area contributed by atoms with E-state index in [2.05, 4.69) is 10.2 Å². The molecule has 2 aliphatic rings. The Kier molecular flexibility index (Phi) is 6.81. The summed E-state index contributed by atoms with van der Waals surface area (Å²) in [6.07, 6.45) is -2.18. The van der Waals surface area contributed by atoms with Crippen LogP contribution in [0.2, 0.25) is 5.02 Å². The minimum absolute atomic E-state index is 0.0185. The van der Waals surface area contributed by atoms with Gasteiger partial charge in [-0.25, -0.2) is 0 Å². The van der Waals surface area contributed by atoms with E-state index < -0.39 is 11.7 Å². The van der Waals surface area contributed by atoms with E-state index in [1.165, 1.54) is 12.1 Å². The van der Waals surface area contributed by atoms with Crippen LogP contribution in [-0.2, 0) is 12.7 Å². The Labute approximate surface area is 189 Å². The number of amides is 1. The van der Waals surface area contributed by atoms with Crippen LogP contribution in [0.4, 0.5) is 13.2 Å². The number of alkyl halides is 3. The summed E-state index contributed by atoms with van der Waals surface area (Å²) < 4.78 is 50.0. The summed E-state index contributed by atoms with van der Waals surface area (Å²) in [4.78, 5) is 14.9. The molecular weight excluding hydrogens is 445 g/mol. The van der Waals surface area contributed by atoms with Crippen molar-refractivity contribution in [3.8, 4) is 11.5 Å². The zero-order valence-corrected chi connectivity index (χ0v) is 18.1. The molecule has 0 bridgehead atoms. The first-order valence-electron chi connectivity index (χ1n) is 10.6. The van der Waals surface area contributed by atoms with Crippen molar-refractivity contribution >= 4 is 17.5 Å². The highest BCUT2D eigenvalue weighted by atomic mass is 35.5. The molecule has 2 aromatic carbocycles. The van der Waals surface area contributed by atoms with Gasteiger partial charge in [0.1, 0.15) is 0 Å². The van der Waals surface area contributed by atoms with Crippen LogP contribution < -0.4 is 14.8 Å². The SMILES string of the molecule is O=C(NC1CCN(Cc2cccc(C(F)(F)F)c2)CC1)c1cc(Cl)c2c(c1)OCCCO2. The molecular formula is C23H24ClF3N2O3. The molecule has 2 aromatic rings. The zero-order chi connectivity index (χ0) is 22.7. The lowest BCUT2D eigenvalue weighted by molar-refractivity contribution is -0.137. The molecule has 1 amide bonds. The third-order valence-corrected chi connectivity index (χ3v) is 5.93. The van der Waals surface area contributed by atoms with Gasteiger partial charge in [0, 0.05) is 37.7 Å². The number of carbonyl (C=O) groups is 1. The lowest BCUT2D eigenvalue weighted by atomic mass is 10.0. The lowest BCUT2D eigenvalue weighted by Gasteiger charge is -2.32. The normalized spacial score (nSPS) is 17.6. The van der Waals surface area contributed by atoms with Gasteiger partial charge in [-0.15, -0.1) is 0 Å². The average Bonchev–Trinajstić information content (AvgIpc) is 3.01. The molecule has 0 unspecified atom stereocenters. The Morgan fingerprint density at radius 3 is 2.62 bits per heavy atom. The third kappa shape index (κ3) is 5.48. The number of hydrogen-bond acceptors (Lipinski definition) is 4. The van der Waals surface area contributed by atoms with Crippen molar-refractivity contribution in [2.75, 3.05) is 26.3 Å². The molecule has 1 saturated heterocycles. The van der Waals surface area contributed by atoms with Crippen LogP contribution in [0.1, 0.15) is 40.7 Å². The number of benzene rings is 2. The highest BCUT2D eigenvalue weighted by Crippen LogP contribution is 2.38. The monoisotopic (exact) mass is 468 g/mol. The fourth-order valence-corrected chi connectivity index (χ4v) is 4.24. The largest absolute Gasteiger partial charge is 0.489 e. The van der Waals surface area contributed by atoms with E-state index in [9.17, 15) is 18.0 Å². The van der Waals surface area contributed by atoms with Crippen LogP contribution >= 0.6 is 11.6 Å². The Balaban J connectivity index is 1.32. The Hall–Kier alpha value is -2.45. The van der Waals surface area contributed by atoms with Crippen molar-refractivity contribution in [2.24, 2.45) is 0 Å². The summed E-state index contributed by atoms with van der Waals surface area (Å²) in [5, 5.41) is 3.37. The van der Waals surface area contributed by atoms with E-state index >= 15 is 0 Å². The van der Waals surface area contributed by atoms with E-state index in [-0.39, 0.29) is 11.9 Å². The highest BCUT2D eigenvalue weighted by Gasteiger charge is 2.30. The molecule has 2 aliphatic heterocycles. The fraction of sp³-hybridized carbons (Fsp3) is 0.435. The maximum Gasteiger partial charge on any atom is 0.416 e. The standard InChI is InChI=1S/C23H24ClF3N2O3/c24-19-12-16(13-20-21(19)32-10-2-9-31-20)22(30)28-18-5-7-29(8-6-18)14-15-3-1-4-17(11-15)23(25,26)27/h1,3-4,11-13,18H,2,5-10,14H2,(H,28,30). The first-order valence-corrected chi connectivity index (χ1v) is 11.0. The van der Waals surface area contributed by atoms with Crippen LogP contribution in [0.5, 0.6) is 11.5 Å². The molecule has 9 heteroatoms. The van der Waals surface area contributed by atoms with Crippen LogP contribution in [0.25, 0.3) is 0 Å². The molecule has 0 spiro atoms. The second kappa shape index (κ2) is 9.58. The summed E-state index contributed by atoms with van der Waals surface area (Å²) in [5.74, 6) is 0.693. The minimum atomic E-state index is -4.34. The molecule has 2 heterocycles.